The van der Waals surface area contributed by atoms with Gasteiger partial charge in [-0.05, 0) is 46.7 Å². The van der Waals surface area contributed by atoms with Crippen molar-refractivity contribution in [2.75, 3.05) is 7.05 Å². The molecule has 0 fully saturated rings. The number of rotatable bonds is 5. The topological polar surface area (TPSA) is 64.4 Å². The highest BCUT2D eigenvalue weighted by Crippen LogP contribution is 2.38. The van der Waals surface area contributed by atoms with Crippen LogP contribution in [0.2, 0.25) is 5.02 Å². The third-order valence-corrected chi connectivity index (χ3v) is 3.83. The fourth-order valence-electron chi connectivity index (χ4n) is 1.78. The largest absolute Gasteiger partial charge is 0.454 e. The Hall–Kier alpha value is -1.63. The summed E-state index contributed by atoms with van der Waals surface area (Å²) >= 11 is 9.35. The third kappa shape index (κ3) is 3.72. The van der Waals surface area contributed by atoms with Gasteiger partial charge in [0.25, 0.3) is 5.69 Å². The fraction of sp³-hybridized carbons (Fsp3) is 0.143. The smallest absolute Gasteiger partial charge is 0.287 e. The van der Waals surface area contributed by atoms with Crippen molar-refractivity contribution in [2.24, 2.45) is 0 Å². The molecule has 0 radical (unpaired) electrons. The molecule has 2 rings (SSSR count). The molecule has 0 aliphatic heterocycles. The summed E-state index contributed by atoms with van der Waals surface area (Å²) in [6.07, 6.45) is 0. The second-order valence-electron chi connectivity index (χ2n) is 4.24. The van der Waals surface area contributed by atoms with Crippen molar-refractivity contribution in [1.82, 2.24) is 5.32 Å². The van der Waals surface area contributed by atoms with E-state index in [4.69, 9.17) is 16.3 Å². The van der Waals surface area contributed by atoms with Gasteiger partial charge >= 0.3 is 0 Å². The van der Waals surface area contributed by atoms with Crippen LogP contribution in [0.4, 0.5) is 5.69 Å². The molecule has 110 valence electrons. The normalized spacial score (nSPS) is 10.4. The molecule has 7 heteroatoms. The van der Waals surface area contributed by atoms with Crippen molar-refractivity contribution in [3.05, 3.63) is 61.6 Å². The molecule has 0 aromatic heterocycles. The average Bonchev–Trinajstić information content (AvgIpc) is 2.44. The van der Waals surface area contributed by atoms with Gasteiger partial charge in [-0.3, -0.25) is 10.1 Å². The summed E-state index contributed by atoms with van der Waals surface area (Å²) in [4.78, 5) is 10.4. The van der Waals surface area contributed by atoms with E-state index in [0.29, 0.717) is 23.1 Å². The van der Waals surface area contributed by atoms with E-state index in [1.807, 2.05) is 13.1 Å². The zero-order chi connectivity index (χ0) is 15.4. The second-order valence-corrected chi connectivity index (χ2v) is 5.44. The third-order valence-electron chi connectivity index (χ3n) is 2.74. The number of benzene rings is 2. The van der Waals surface area contributed by atoms with E-state index in [1.54, 1.807) is 24.3 Å². The van der Waals surface area contributed by atoms with Gasteiger partial charge in [-0.25, -0.2) is 0 Å². The molecule has 0 heterocycles. The number of ether oxygens (including phenoxy) is 1. The summed E-state index contributed by atoms with van der Waals surface area (Å²) in [6, 6.07) is 9.99. The van der Waals surface area contributed by atoms with Crippen molar-refractivity contribution >= 4 is 33.2 Å². The quantitative estimate of drug-likeness (QED) is 0.620. The molecular formula is C14H12BrClN2O3. The van der Waals surface area contributed by atoms with Crippen molar-refractivity contribution in [1.29, 1.82) is 0 Å². The first-order chi connectivity index (χ1) is 10.0. The summed E-state index contributed by atoms with van der Waals surface area (Å²) in [7, 11) is 1.85. The highest BCUT2D eigenvalue weighted by molar-refractivity contribution is 9.10. The fourth-order valence-corrected chi connectivity index (χ4v) is 2.51. The van der Waals surface area contributed by atoms with E-state index in [2.05, 4.69) is 21.2 Å². The van der Waals surface area contributed by atoms with E-state index in [9.17, 15) is 10.1 Å². The lowest BCUT2D eigenvalue weighted by molar-refractivity contribution is -0.385. The Morgan fingerprint density at radius 2 is 2.10 bits per heavy atom. The van der Waals surface area contributed by atoms with Crippen LogP contribution in [0.3, 0.4) is 0 Å². The van der Waals surface area contributed by atoms with Gasteiger partial charge in [-0.15, -0.1) is 0 Å². The Bertz CT molecular complexity index is 679. The number of halogens is 2. The van der Waals surface area contributed by atoms with Crippen molar-refractivity contribution in [2.45, 2.75) is 6.54 Å². The summed E-state index contributed by atoms with van der Waals surface area (Å²) in [5.74, 6) is 0.783. The van der Waals surface area contributed by atoms with E-state index in [-0.39, 0.29) is 10.2 Å². The molecule has 0 aliphatic rings. The highest BCUT2D eigenvalue weighted by Gasteiger charge is 2.17. The minimum absolute atomic E-state index is 0.0598. The summed E-state index contributed by atoms with van der Waals surface area (Å²) in [6.45, 7) is 0.695. The van der Waals surface area contributed by atoms with Crippen LogP contribution >= 0.6 is 27.5 Å². The van der Waals surface area contributed by atoms with Crippen LogP contribution in [0.1, 0.15) is 5.56 Å². The van der Waals surface area contributed by atoms with Crippen LogP contribution in [0, 0.1) is 10.1 Å². The van der Waals surface area contributed by atoms with Crippen molar-refractivity contribution in [3.63, 3.8) is 0 Å². The second kappa shape index (κ2) is 6.89. The van der Waals surface area contributed by atoms with Crippen LogP contribution in [-0.2, 0) is 6.54 Å². The maximum absolute atomic E-state index is 10.9. The molecule has 5 nitrogen and oxygen atoms in total. The predicted octanol–water partition coefficient (Wildman–Crippen LogP) is 4.52. The Labute approximate surface area is 135 Å². The van der Waals surface area contributed by atoms with Crippen LogP contribution in [0.15, 0.2) is 40.9 Å². The molecule has 1 N–H and O–H groups in total. The Morgan fingerprint density at radius 1 is 1.33 bits per heavy atom. The molecule has 0 bridgehead atoms. The first-order valence-corrected chi connectivity index (χ1v) is 7.24. The highest BCUT2D eigenvalue weighted by atomic mass is 79.9. The molecule has 0 amide bonds. The van der Waals surface area contributed by atoms with Gasteiger partial charge in [-0.2, -0.15) is 0 Å². The minimum Gasteiger partial charge on any atom is -0.454 e. The van der Waals surface area contributed by atoms with Gasteiger partial charge in [0.15, 0.2) is 0 Å². The molecule has 2 aromatic carbocycles. The summed E-state index contributed by atoms with van der Waals surface area (Å²) in [5.41, 5.74) is 0.961. The Kier molecular flexibility index (Phi) is 5.17. The molecule has 0 saturated carbocycles. The van der Waals surface area contributed by atoms with Gasteiger partial charge < -0.3 is 10.1 Å². The lowest BCUT2D eigenvalue weighted by atomic mass is 10.2. The number of hydrogen-bond donors (Lipinski definition) is 1. The molecule has 0 unspecified atom stereocenters. The summed E-state index contributed by atoms with van der Waals surface area (Å²) < 4.78 is 5.94. The van der Waals surface area contributed by atoms with E-state index in [0.717, 1.165) is 5.56 Å². The van der Waals surface area contributed by atoms with E-state index < -0.39 is 4.92 Å². The summed E-state index contributed by atoms with van der Waals surface area (Å²) in [5, 5.41) is 14.4. The lowest BCUT2D eigenvalue weighted by Crippen LogP contribution is -2.04. The molecule has 0 spiro atoms. The number of nitrogens with zero attached hydrogens (tertiary/aromatic N) is 1. The van der Waals surface area contributed by atoms with Gasteiger partial charge in [0.2, 0.25) is 0 Å². The maximum Gasteiger partial charge on any atom is 0.287 e. The zero-order valence-electron chi connectivity index (χ0n) is 11.1. The van der Waals surface area contributed by atoms with E-state index in [1.165, 1.54) is 6.07 Å². The van der Waals surface area contributed by atoms with E-state index >= 15 is 0 Å². The number of nitro groups is 1. The number of hydrogen-bond acceptors (Lipinski definition) is 4. The van der Waals surface area contributed by atoms with Crippen LogP contribution in [-0.4, -0.2) is 12.0 Å². The van der Waals surface area contributed by atoms with Gasteiger partial charge in [0.1, 0.15) is 16.0 Å². The zero-order valence-corrected chi connectivity index (χ0v) is 13.4. The first-order valence-electron chi connectivity index (χ1n) is 6.06. The molecule has 0 atom stereocenters. The van der Waals surface area contributed by atoms with Gasteiger partial charge in [-0.1, -0.05) is 23.7 Å². The Morgan fingerprint density at radius 3 is 2.71 bits per heavy atom. The van der Waals surface area contributed by atoms with Crippen molar-refractivity contribution < 1.29 is 9.66 Å². The molecule has 2 aromatic rings. The average molecular weight is 372 g/mol. The van der Waals surface area contributed by atoms with Gasteiger partial charge in [0.05, 0.1) is 9.95 Å². The van der Waals surface area contributed by atoms with Crippen LogP contribution in [0.25, 0.3) is 0 Å². The monoisotopic (exact) mass is 370 g/mol. The van der Waals surface area contributed by atoms with Crippen LogP contribution < -0.4 is 10.1 Å². The van der Waals surface area contributed by atoms with Gasteiger partial charge in [0, 0.05) is 12.6 Å². The first kappa shape index (κ1) is 15.8. The lowest BCUT2D eigenvalue weighted by Gasteiger charge is -2.10. The molecule has 0 aliphatic carbocycles. The number of nitro benzene ring substituents is 1. The molecule has 0 saturated heterocycles. The standard InChI is InChI=1S/C14H12BrClN2O3/c1-17-8-9-5-6-12(10(16)7-9)21-13-4-2-3-11(14(13)15)18(19)20/h2-7,17H,8H2,1H3. The minimum atomic E-state index is -0.478. The molecule has 21 heavy (non-hydrogen) atoms. The predicted molar refractivity (Wildman–Crippen MR) is 85.1 cm³/mol. The molecular weight excluding hydrogens is 360 g/mol. The number of nitrogens with one attached hydrogen (secondary N) is 1. The van der Waals surface area contributed by atoms with Crippen LogP contribution in [0.5, 0.6) is 11.5 Å². The maximum atomic E-state index is 10.9. The Balaban J connectivity index is 2.30. The SMILES string of the molecule is CNCc1ccc(Oc2cccc([N+](=O)[O-])c2Br)c(Cl)c1. The van der Waals surface area contributed by atoms with Crippen molar-refractivity contribution in [3.8, 4) is 11.5 Å².